The van der Waals surface area contributed by atoms with Crippen LogP contribution in [0.2, 0.25) is 0 Å². The minimum absolute atomic E-state index is 0. The van der Waals surface area contributed by atoms with Gasteiger partial charge in [0.15, 0.2) is 0 Å². The molecule has 1 aliphatic heterocycles. The first-order valence-corrected chi connectivity index (χ1v) is 7.00. The molecule has 1 aliphatic rings. The van der Waals surface area contributed by atoms with E-state index in [4.69, 9.17) is 0 Å². The van der Waals surface area contributed by atoms with E-state index in [-0.39, 0.29) is 30.7 Å². The van der Waals surface area contributed by atoms with Gasteiger partial charge in [0.2, 0.25) is 5.91 Å². The summed E-state index contributed by atoms with van der Waals surface area (Å²) in [5, 5.41) is 7.71. The van der Waals surface area contributed by atoms with E-state index < -0.39 is 0 Å². The van der Waals surface area contributed by atoms with E-state index in [1.807, 2.05) is 23.6 Å². The number of nitrogens with one attached hydrogen (secondary N) is 1. The first-order chi connectivity index (χ1) is 9.00. The van der Waals surface area contributed by atoms with Crippen LogP contribution in [0.3, 0.4) is 0 Å². The zero-order valence-corrected chi connectivity index (χ0v) is 14.8. The van der Waals surface area contributed by atoms with Gasteiger partial charge in [0, 0.05) is 44.8 Å². The summed E-state index contributed by atoms with van der Waals surface area (Å²) in [4.78, 5) is 14.3. The Morgan fingerprint density at radius 3 is 2.57 bits per heavy atom. The Balaban J connectivity index is 0.00000200. The molecule has 1 N–H and O–H groups in total. The van der Waals surface area contributed by atoms with E-state index >= 15 is 0 Å². The molecule has 1 atom stereocenters. The van der Waals surface area contributed by atoms with Crippen molar-refractivity contribution in [1.29, 1.82) is 0 Å². The zero-order valence-electron chi connectivity index (χ0n) is 13.2. The second kappa shape index (κ2) is 8.61. The van der Waals surface area contributed by atoms with Gasteiger partial charge in [-0.3, -0.25) is 9.48 Å². The molecule has 1 saturated heterocycles. The summed E-state index contributed by atoms with van der Waals surface area (Å²) in [7, 11) is 1.95. The lowest BCUT2D eigenvalue weighted by Crippen LogP contribution is -2.52. The average Bonchev–Trinajstić information content (AvgIpc) is 2.61. The fourth-order valence-electron chi connectivity index (χ4n) is 2.77. The summed E-state index contributed by atoms with van der Waals surface area (Å²) < 4.78 is 1.89. The van der Waals surface area contributed by atoms with Gasteiger partial charge >= 0.3 is 0 Å². The van der Waals surface area contributed by atoms with Crippen molar-refractivity contribution in [2.24, 2.45) is 7.05 Å². The molecule has 1 fully saturated rings. The van der Waals surface area contributed by atoms with Gasteiger partial charge < -0.3 is 10.2 Å². The van der Waals surface area contributed by atoms with Gasteiger partial charge in [-0.1, -0.05) is 0 Å². The van der Waals surface area contributed by atoms with E-state index in [0.717, 1.165) is 31.7 Å². The van der Waals surface area contributed by atoms with E-state index in [2.05, 4.69) is 24.3 Å². The Morgan fingerprint density at radius 2 is 2.05 bits per heavy atom. The quantitative estimate of drug-likeness (QED) is 0.912. The normalized spacial score (nSPS) is 17.9. The predicted octanol–water partition coefficient (Wildman–Crippen LogP) is 1.63. The summed E-state index contributed by atoms with van der Waals surface area (Å²) in [5.74, 6) is 0.261. The molecule has 2 heterocycles. The number of rotatable bonds is 3. The minimum Gasteiger partial charge on any atom is -0.337 e. The Bertz CT molecular complexity index is 476. The van der Waals surface area contributed by atoms with Crippen LogP contribution in [0.15, 0.2) is 0 Å². The molecular weight excluding hydrogens is 311 g/mol. The zero-order chi connectivity index (χ0) is 14.0. The highest BCUT2D eigenvalue weighted by atomic mass is 35.5. The van der Waals surface area contributed by atoms with Gasteiger partial charge in [0.1, 0.15) is 0 Å². The molecule has 1 aromatic heterocycles. The Morgan fingerprint density at radius 1 is 1.38 bits per heavy atom. The number of aromatic nitrogens is 2. The first-order valence-electron chi connectivity index (χ1n) is 7.00. The van der Waals surface area contributed by atoms with Gasteiger partial charge in [-0.05, 0) is 32.8 Å². The van der Waals surface area contributed by atoms with Crippen LogP contribution < -0.4 is 5.32 Å². The van der Waals surface area contributed by atoms with E-state index in [0.29, 0.717) is 12.5 Å². The highest BCUT2D eigenvalue weighted by Crippen LogP contribution is 2.15. The van der Waals surface area contributed by atoms with E-state index in [9.17, 15) is 4.79 Å². The van der Waals surface area contributed by atoms with Gasteiger partial charge in [0.05, 0.1) is 5.69 Å². The topological polar surface area (TPSA) is 50.2 Å². The summed E-state index contributed by atoms with van der Waals surface area (Å²) in [6.07, 6.45) is 1.37. The van der Waals surface area contributed by atoms with Crippen LogP contribution in [0, 0.1) is 13.8 Å². The minimum atomic E-state index is 0. The van der Waals surface area contributed by atoms with Crippen molar-refractivity contribution in [2.45, 2.75) is 39.7 Å². The number of carbonyl (C=O) groups is 1. The van der Waals surface area contributed by atoms with Gasteiger partial charge in [-0.25, -0.2) is 0 Å². The lowest BCUT2D eigenvalue weighted by molar-refractivity contribution is -0.133. The number of hydrogen-bond acceptors (Lipinski definition) is 3. The van der Waals surface area contributed by atoms with E-state index in [1.165, 1.54) is 11.3 Å². The van der Waals surface area contributed by atoms with Crippen molar-refractivity contribution in [3.05, 3.63) is 17.0 Å². The van der Waals surface area contributed by atoms with Gasteiger partial charge in [0.25, 0.3) is 0 Å². The van der Waals surface area contributed by atoms with Crippen LogP contribution in [-0.4, -0.2) is 46.3 Å². The molecule has 0 aliphatic carbocycles. The third kappa shape index (κ3) is 4.59. The molecule has 7 heteroatoms. The largest absolute Gasteiger partial charge is 0.337 e. The second-order valence-corrected chi connectivity index (χ2v) is 5.41. The van der Waals surface area contributed by atoms with Gasteiger partial charge in [-0.2, -0.15) is 5.10 Å². The summed E-state index contributed by atoms with van der Waals surface area (Å²) >= 11 is 0. The molecule has 122 valence electrons. The van der Waals surface area contributed by atoms with Crippen LogP contribution in [0.5, 0.6) is 0 Å². The lowest BCUT2D eigenvalue weighted by Gasteiger charge is -2.34. The molecule has 0 radical (unpaired) electrons. The molecule has 5 nitrogen and oxygen atoms in total. The monoisotopic (exact) mass is 336 g/mol. The van der Waals surface area contributed by atoms with Crippen LogP contribution in [0.25, 0.3) is 0 Å². The third-order valence-electron chi connectivity index (χ3n) is 4.07. The summed E-state index contributed by atoms with van der Waals surface area (Å²) in [6, 6.07) is 0.303. The van der Waals surface area contributed by atoms with Gasteiger partial charge in [-0.15, -0.1) is 24.8 Å². The molecule has 0 aromatic carbocycles. The van der Waals surface area contributed by atoms with Crippen molar-refractivity contribution in [1.82, 2.24) is 20.0 Å². The SMILES string of the molecule is Cc1nn(C)c(C)c1CCC(=O)N1CCNCC1C.Cl.Cl. The maximum absolute atomic E-state index is 12.3. The number of aryl methyl sites for hydroxylation is 2. The van der Waals surface area contributed by atoms with Crippen LogP contribution in [0.4, 0.5) is 0 Å². The number of amides is 1. The van der Waals surface area contributed by atoms with Crippen molar-refractivity contribution < 1.29 is 4.79 Å². The molecule has 0 bridgehead atoms. The van der Waals surface area contributed by atoms with Crippen molar-refractivity contribution >= 4 is 30.7 Å². The molecule has 21 heavy (non-hydrogen) atoms. The number of carbonyl (C=O) groups excluding carboxylic acids is 1. The standard InChI is InChI=1S/C14H24N4O.2ClH/c1-10-9-15-7-8-18(10)14(19)6-5-13-11(2)16-17(4)12(13)3;;/h10,15H,5-9H2,1-4H3;2*1H. The summed E-state index contributed by atoms with van der Waals surface area (Å²) in [6.45, 7) is 8.81. The number of nitrogens with zero attached hydrogens (tertiary/aromatic N) is 3. The first kappa shape index (κ1) is 20.2. The van der Waals surface area contributed by atoms with Crippen LogP contribution >= 0.6 is 24.8 Å². The van der Waals surface area contributed by atoms with E-state index in [1.54, 1.807) is 0 Å². The average molecular weight is 337 g/mol. The molecule has 0 saturated carbocycles. The molecule has 2 rings (SSSR count). The van der Waals surface area contributed by atoms with Crippen molar-refractivity contribution in [3.63, 3.8) is 0 Å². The highest BCUT2D eigenvalue weighted by molar-refractivity contribution is 5.85. The van der Waals surface area contributed by atoms with Crippen LogP contribution in [-0.2, 0) is 18.3 Å². The van der Waals surface area contributed by atoms with Crippen molar-refractivity contribution in [3.8, 4) is 0 Å². The molecule has 0 spiro atoms. The Labute approximate surface area is 139 Å². The number of hydrogen-bond donors (Lipinski definition) is 1. The fraction of sp³-hybridized carbons (Fsp3) is 0.714. The Kier molecular flexibility index (Phi) is 8.29. The second-order valence-electron chi connectivity index (χ2n) is 5.41. The van der Waals surface area contributed by atoms with Crippen LogP contribution in [0.1, 0.15) is 30.3 Å². The number of halogens is 2. The number of piperazine rings is 1. The molecule has 1 unspecified atom stereocenters. The molecule has 1 amide bonds. The maximum Gasteiger partial charge on any atom is 0.223 e. The van der Waals surface area contributed by atoms with Crippen molar-refractivity contribution in [2.75, 3.05) is 19.6 Å². The molecular formula is C14H26Cl2N4O. The fourth-order valence-corrected chi connectivity index (χ4v) is 2.77. The highest BCUT2D eigenvalue weighted by Gasteiger charge is 2.23. The third-order valence-corrected chi connectivity index (χ3v) is 4.07. The molecule has 1 aromatic rings. The maximum atomic E-state index is 12.3. The lowest BCUT2D eigenvalue weighted by atomic mass is 10.1. The smallest absolute Gasteiger partial charge is 0.223 e. The summed E-state index contributed by atoms with van der Waals surface area (Å²) in [5.41, 5.74) is 3.43. The Hall–Kier alpha value is -0.780. The predicted molar refractivity (Wildman–Crippen MR) is 89.5 cm³/mol.